The van der Waals surface area contributed by atoms with Gasteiger partial charge >= 0.3 is 0 Å². The summed E-state index contributed by atoms with van der Waals surface area (Å²) in [5.41, 5.74) is 0.0472. The first-order valence-electron chi connectivity index (χ1n) is 5.95. The van der Waals surface area contributed by atoms with E-state index in [2.05, 4.69) is 10.2 Å². The van der Waals surface area contributed by atoms with E-state index in [0.717, 1.165) is 0 Å². The van der Waals surface area contributed by atoms with Crippen molar-refractivity contribution >= 4 is 11.6 Å². The Morgan fingerprint density at radius 1 is 1.35 bits per heavy atom. The first-order chi connectivity index (χ1) is 9.65. The van der Waals surface area contributed by atoms with Crippen LogP contribution in [-0.4, -0.2) is 29.3 Å². The number of H-pyrrole nitrogens is 1. The molecule has 0 saturated carbocycles. The zero-order chi connectivity index (χ0) is 14.1. The maximum Gasteiger partial charge on any atom is 0.278 e. The van der Waals surface area contributed by atoms with Crippen molar-refractivity contribution in [2.75, 3.05) is 18.1 Å². The van der Waals surface area contributed by atoms with Crippen LogP contribution in [-0.2, 0) is 0 Å². The predicted molar refractivity (Wildman–Crippen MR) is 68.4 cm³/mol. The number of fused-ring (bicyclic) bond motifs is 1. The van der Waals surface area contributed by atoms with Gasteiger partial charge in [-0.1, -0.05) is 0 Å². The topological polar surface area (TPSA) is 75.3 Å². The van der Waals surface area contributed by atoms with Gasteiger partial charge < -0.3 is 4.74 Å². The molecule has 1 N–H and O–H groups in total. The molecule has 0 unspecified atom stereocenters. The SMILES string of the molecule is O=C(c1ccc(=O)[nH]n1)N1CCOc2ccc(F)cc21. The average Bonchev–Trinajstić information content (AvgIpc) is 2.46. The Balaban J connectivity index is 1.99. The molecule has 1 aromatic heterocycles. The zero-order valence-corrected chi connectivity index (χ0v) is 10.3. The fourth-order valence-electron chi connectivity index (χ4n) is 2.00. The lowest BCUT2D eigenvalue weighted by molar-refractivity contribution is 0.0970. The Bertz CT molecular complexity index is 709. The number of carbonyl (C=O) groups excluding carboxylic acids is 1. The molecule has 6 nitrogen and oxygen atoms in total. The highest BCUT2D eigenvalue weighted by Crippen LogP contribution is 2.32. The average molecular weight is 275 g/mol. The standard InChI is InChI=1S/C13H10FN3O3/c14-8-1-3-11-10(7-8)17(5-6-20-11)13(19)9-2-4-12(18)16-15-9/h1-4,7H,5-6H2,(H,16,18). The summed E-state index contributed by atoms with van der Waals surface area (Å²) in [4.78, 5) is 24.7. The summed E-state index contributed by atoms with van der Waals surface area (Å²) in [5, 5.41) is 5.88. The van der Waals surface area contributed by atoms with Gasteiger partial charge in [0.25, 0.3) is 11.5 Å². The fraction of sp³-hybridized carbons (Fsp3) is 0.154. The molecule has 0 aliphatic carbocycles. The van der Waals surface area contributed by atoms with Crippen LogP contribution in [0, 0.1) is 5.82 Å². The highest BCUT2D eigenvalue weighted by molar-refractivity contribution is 6.05. The number of hydrogen-bond acceptors (Lipinski definition) is 4. The highest BCUT2D eigenvalue weighted by Gasteiger charge is 2.26. The molecule has 0 bridgehead atoms. The molecule has 102 valence electrons. The van der Waals surface area contributed by atoms with E-state index in [1.54, 1.807) is 0 Å². The molecule has 0 saturated heterocycles. The first kappa shape index (κ1) is 12.3. The van der Waals surface area contributed by atoms with Gasteiger partial charge in [-0.3, -0.25) is 14.5 Å². The van der Waals surface area contributed by atoms with Crippen LogP contribution in [0.3, 0.4) is 0 Å². The maximum absolute atomic E-state index is 13.3. The van der Waals surface area contributed by atoms with Gasteiger partial charge in [-0.2, -0.15) is 5.10 Å². The molecule has 0 spiro atoms. The molecule has 2 aromatic rings. The van der Waals surface area contributed by atoms with Gasteiger partial charge in [-0.05, 0) is 18.2 Å². The van der Waals surface area contributed by atoms with Crippen molar-refractivity contribution in [3.05, 3.63) is 52.2 Å². The third kappa shape index (κ3) is 2.13. The number of hydrogen-bond donors (Lipinski definition) is 1. The third-order valence-corrected chi connectivity index (χ3v) is 2.93. The van der Waals surface area contributed by atoms with Crippen molar-refractivity contribution in [3.8, 4) is 5.75 Å². The molecule has 0 atom stereocenters. The third-order valence-electron chi connectivity index (χ3n) is 2.93. The molecule has 1 aromatic carbocycles. The summed E-state index contributed by atoms with van der Waals surface area (Å²) < 4.78 is 18.7. The Labute approximate surface area is 112 Å². The molecule has 0 radical (unpaired) electrons. The number of aromatic nitrogens is 2. The van der Waals surface area contributed by atoms with Gasteiger partial charge in [0.1, 0.15) is 23.9 Å². The summed E-state index contributed by atoms with van der Waals surface area (Å²) in [5.74, 6) is -0.437. The van der Waals surface area contributed by atoms with Crippen LogP contribution in [0.1, 0.15) is 10.5 Å². The second-order valence-electron chi connectivity index (χ2n) is 4.22. The lowest BCUT2D eigenvalue weighted by Gasteiger charge is -2.29. The minimum atomic E-state index is -0.457. The van der Waals surface area contributed by atoms with E-state index in [1.807, 2.05) is 0 Å². The van der Waals surface area contributed by atoms with Gasteiger partial charge in [-0.15, -0.1) is 0 Å². The quantitative estimate of drug-likeness (QED) is 0.840. The zero-order valence-electron chi connectivity index (χ0n) is 10.3. The molecule has 7 heteroatoms. The fourth-order valence-corrected chi connectivity index (χ4v) is 2.00. The van der Waals surface area contributed by atoms with E-state index >= 15 is 0 Å². The van der Waals surface area contributed by atoms with Crippen LogP contribution in [0.25, 0.3) is 0 Å². The van der Waals surface area contributed by atoms with Crippen LogP contribution in [0.5, 0.6) is 5.75 Å². The number of anilines is 1. The van der Waals surface area contributed by atoms with Crippen LogP contribution in [0.4, 0.5) is 10.1 Å². The Kier molecular flexibility index (Phi) is 2.94. The Morgan fingerprint density at radius 3 is 2.95 bits per heavy atom. The minimum absolute atomic E-state index is 0.0849. The summed E-state index contributed by atoms with van der Waals surface area (Å²) >= 11 is 0. The largest absolute Gasteiger partial charge is 0.490 e. The Hall–Kier alpha value is -2.70. The molecule has 0 fully saturated rings. The normalized spacial score (nSPS) is 13.6. The molecule has 3 rings (SSSR count). The predicted octanol–water partition coefficient (Wildman–Crippen LogP) is 0.948. The van der Waals surface area contributed by atoms with Gasteiger partial charge in [0.2, 0.25) is 0 Å². The van der Waals surface area contributed by atoms with Crippen molar-refractivity contribution in [2.45, 2.75) is 0 Å². The van der Waals surface area contributed by atoms with Crippen molar-refractivity contribution in [1.29, 1.82) is 0 Å². The van der Waals surface area contributed by atoms with Crippen molar-refractivity contribution in [1.82, 2.24) is 10.2 Å². The van der Waals surface area contributed by atoms with Crippen LogP contribution in [0.15, 0.2) is 35.1 Å². The summed E-state index contributed by atoms with van der Waals surface area (Å²) in [6.07, 6.45) is 0. The molecule has 20 heavy (non-hydrogen) atoms. The van der Waals surface area contributed by atoms with Gasteiger partial charge in [-0.25, -0.2) is 9.49 Å². The number of nitrogens with zero attached hydrogens (tertiary/aromatic N) is 2. The number of amides is 1. The number of benzene rings is 1. The van der Waals surface area contributed by atoms with E-state index in [1.165, 1.54) is 35.2 Å². The number of aromatic amines is 1. The lowest BCUT2D eigenvalue weighted by atomic mass is 10.2. The van der Waals surface area contributed by atoms with E-state index < -0.39 is 17.3 Å². The van der Waals surface area contributed by atoms with Gasteiger partial charge in [0.15, 0.2) is 0 Å². The van der Waals surface area contributed by atoms with Gasteiger partial charge in [0.05, 0.1) is 12.2 Å². The molecular formula is C13H10FN3O3. The molecule has 1 aliphatic rings. The molecule has 1 aliphatic heterocycles. The number of nitrogens with one attached hydrogen (secondary N) is 1. The van der Waals surface area contributed by atoms with Crippen LogP contribution in [0.2, 0.25) is 0 Å². The smallest absolute Gasteiger partial charge is 0.278 e. The summed E-state index contributed by atoms with van der Waals surface area (Å²) in [6.45, 7) is 0.601. The van der Waals surface area contributed by atoms with Crippen molar-refractivity contribution < 1.29 is 13.9 Å². The molecule has 1 amide bonds. The second-order valence-corrected chi connectivity index (χ2v) is 4.22. The minimum Gasteiger partial charge on any atom is -0.490 e. The molecule has 2 heterocycles. The van der Waals surface area contributed by atoms with Crippen LogP contribution >= 0.6 is 0 Å². The first-order valence-corrected chi connectivity index (χ1v) is 5.95. The van der Waals surface area contributed by atoms with E-state index in [9.17, 15) is 14.0 Å². The summed E-state index contributed by atoms with van der Waals surface area (Å²) in [7, 11) is 0. The lowest BCUT2D eigenvalue weighted by Crippen LogP contribution is -2.38. The Morgan fingerprint density at radius 2 is 2.20 bits per heavy atom. The van der Waals surface area contributed by atoms with E-state index in [0.29, 0.717) is 18.0 Å². The van der Waals surface area contributed by atoms with Crippen molar-refractivity contribution in [2.24, 2.45) is 0 Å². The van der Waals surface area contributed by atoms with Gasteiger partial charge in [0, 0.05) is 12.1 Å². The number of ether oxygens (including phenoxy) is 1. The number of carbonyl (C=O) groups is 1. The number of rotatable bonds is 1. The van der Waals surface area contributed by atoms with Crippen molar-refractivity contribution in [3.63, 3.8) is 0 Å². The number of halogens is 1. The highest BCUT2D eigenvalue weighted by atomic mass is 19.1. The van der Waals surface area contributed by atoms with E-state index in [-0.39, 0.29) is 12.2 Å². The summed E-state index contributed by atoms with van der Waals surface area (Å²) in [6, 6.07) is 6.52. The monoisotopic (exact) mass is 275 g/mol. The van der Waals surface area contributed by atoms with E-state index in [4.69, 9.17) is 4.74 Å². The second kappa shape index (κ2) is 4.76. The maximum atomic E-state index is 13.3. The molecular weight excluding hydrogens is 265 g/mol. The van der Waals surface area contributed by atoms with Crippen LogP contribution < -0.4 is 15.2 Å².